The van der Waals surface area contributed by atoms with Gasteiger partial charge in [0.2, 0.25) is 0 Å². The van der Waals surface area contributed by atoms with Crippen LogP contribution in [0.5, 0.6) is 0 Å². The quantitative estimate of drug-likeness (QED) is 0.522. The number of nitrogens with zero attached hydrogens (tertiary/aromatic N) is 2. The summed E-state index contributed by atoms with van der Waals surface area (Å²) < 4.78 is 0. The number of carbonyl (C=O) groups excluding carboxylic acids is 3. The van der Waals surface area contributed by atoms with Crippen LogP contribution in [0.2, 0.25) is 5.02 Å². The summed E-state index contributed by atoms with van der Waals surface area (Å²) in [5, 5.41) is 2.95. The minimum Gasteiger partial charge on any atom is -0.350 e. The van der Waals surface area contributed by atoms with Gasteiger partial charge in [0.05, 0.1) is 10.7 Å². The zero-order valence-electron chi connectivity index (χ0n) is 17.9. The van der Waals surface area contributed by atoms with E-state index in [1.54, 1.807) is 48.5 Å². The van der Waals surface area contributed by atoms with E-state index in [4.69, 9.17) is 23.2 Å². The molecule has 0 saturated heterocycles. The van der Waals surface area contributed by atoms with Crippen molar-refractivity contribution in [3.63, 3.8) is 0 Å². The number of para-hydroxylation sites is 1. The van der Waals surface area contributed by atoms with Crippen molar-refractivity contribution in [2.24, 2.45) is 0 Å². The first-order valence-electron chi connectivity index (χ1n) is 10.7. The first-order valence-corrected chi connectivity index (χ1v) is 11.5. The van der Waals surface area contributed by atoms with Gasteiger partial charge in [-0.15, -0.1) is 0 Å². The summed E-state index contributed by atoms with van der Waals surface area (Å²) in [7, 11) is 0. The SMILES string of the molecule is O=C(c1ccc(NC2=C(Cl)C(=O)N(c3ccccc3Cl)C2=O)cc1)N1CCc2ccccc2C1. The zero-order valence-corrected chi connectivity index (χ0v) is 19.4. The van der Waals surface area contributed by atoms with E-state index in [1.165, 1.54) is 5.56 Å². The van der Waals surface area contributed by atoms with Crippen LogP contribution in [0, 0.1) is 0 Å². The van der Waals surface area contributed by atoms with Crippen molar-refractivity contribution in [3.05, 3.63) is 105 Å². The maximum absolute atomic E-state index is 13.0. The van der Waals surface area contributed by atoms with Crippen molar-refractivity contribution in [2.45, 2.75) is 13.0 Å². The summed E-state index contributed by atoms with van der Waals surface area (Å²) in [4.78, 5) is 41.4. The average molecular weight is 492 g/mol. The predicted molar refractivity (Wildman–Crippen MR) is 132 cm³/mol. The van der Waals surface area contributed by atoms with Crippen molar-refractivity contribution in [1.82, 2.24) is 4.90 Å². The molecule has 1 N–H and O–H groups in total. The molecule has 0 fully saturated rings. The number of anilines is 2. The van der Waals surface area contributed by atoms with Crippen LogP contribution in [0.25, 0.3) is 0 Å². The van der Waals surface area contributed by atoms with Gasteiger partial charge >= 0.3 is 0 Å². The first-order chi connectivity index (χ1) is 16.4. The second-order valence-corrected chi connectivity index (χ2v) is 8.82. The van der Waals surface area contributed by atoms with E-state index >= 15 is 0 Å². The lowest BCUT2D eigenvalue weighted by Gasteiger charge is -2.29. The van der Waals surface area contributed by atoms with Gasteiger partial charge in [0.25, 0.3) is 17.7 Å². The molecule has 3 aromatic carbocycles. The molecule has 170 valence electrons. The molecule has 3 aromatic rings. The summed E-state index contributed by atoms with van der Waals surface area (Å²) in [5.74, 6) is -1.31. The molecule has 34 heavy (non-hydrogen) atoms. The maximum atomic E-state index is 13.0. The van der Waals surface area contributed by atoms with Crippen molar-refractivity contribution in [2.75, 3.05) is 16.8 Å². The Morgan fingerprint density at radius 3 is 2.24 bits per heavy atom. The molecule has 2 heterocycles. The Bertz CT molecular complexity index is 1350. The summed E-state index contributed by atoms with van der Waals surface area (Å²) >= 11 is 12.4. The molecule has 0 radical (unpaired) electrons. The number of hydrogen-bond acceptors (Lipinski definition) is 4. The topological polar surface area (TPSA) is 69.7 Å². The van der Waals surface area contributed by atoms with Crippen molar-refractivity contribution in [1.29, 1.82) is 0 Å². The molecule has 6 nitrogen and oxygen atoms in total. The third kappa shape index (κ3) is 3.95. The second kappa shape index (κ2) is 8.97. The minimum atomic E-state index is -0.653. The molecule has 2 aliphatic heterocycles. The lowest BCUT2D eigenvalue weighted by molar-refractivity contribution is -0.120. The summed E-state index contributed by atoms with van der Waals surface area (Å²) in [6.07, 6.45) is 0.826. The van der Waals surface area contributed by atoms with Crippen LogP contribution in [0.4, 0.5) is 11.4 Å². The largest absolute Gasteiger partial charge is 0.350 e. The van der Waals surface area contributed by atoms with E-state index in [9.17, 15) is 14.4 Å². The van der Waals surface area contributed by atoms with Crippen molar-refractivity contribution in [3.8, 4) is 0 Å². The number of rotatable bonds is 4. The average Bonchev–Trinajstić information content (AvgIpc) is 3.07. The lowest BCUT2D eigenvalue weighted by atomic mass is 9.99. The van der Waals surface area contributed by atoms with E-state index in [1.807, 2.05) is 23.1 Å². The van der Waals surface area contributed by atoms with Gasteiger partial charge in [-0.2, -0.15) is 0 Å². The van der Waals surface area contributed by atoms with Crippen molar-refractivity contribution >= 4 is 52.3 Å². The minimum absolute atomic E-state index is 0.0432. The van der Waals surface area contributed by atoms with Crippen molar-refractivity contribution < 1.29 is 14.4 Å². The highest BCUT2D eigenvalue weighted by atomic mass is 35.5. The molecule has 0 aliphatic carbocycles. The summed E-state index contributed by atoms with van der Waals surface area (Å²) in [6.45, 7) is 1.23. The van der Waals surface area contributed by atoms with Crippen LogP contribution >= 0.6 is 23.2 Å². The Morgan fingerprint density at radius 2 is 1.50 bits per heavy atom. The Labute approximate surface area is 206 Å². The number of nitrogens with one attached hydrogen (secondary N) is 1. The highest BCUT2D eigenvalue weighted by Crippen LogP contribution is 2.34. The van der Waals surface area contributed by atoms with Crippen LogP contribution in [-0.2, 0) is 22.6 Å². The lowest BCUT2D eigenvalue weighted by Crippen LogP contribution is -2.35. The van der Waals surface area contributed by atoms with Crippen LogP contribution in [-0.4, -0.2) is 29.2 Å². The van der Waals surface area contributed by atoms with Gasteiger partial charge in [0.1, 0.15) is 10.7 Å². The third-order valence-electron chi connectivity index (χ3n) is 5.94. The fraction of sp³-hybridized carbons (Fsp3) is 0.115. The van der Waals surface area contributed by atoms with E-state index in [0.717, 1.165) is 16.9 Å². The molecule has 3 amide bonds. The van der Waals surface area contributed by atoms with Gasteiger partial charge in [-0.1, -0.05) is 59.6 Å². The van der Waals surface area contributed by atoms with Crippen LogP contribution in [0.3, 0.4) is 0 Å². The Morgan fingerprint density at radius 1 is 0.824 bits per heavy atom. The number of halogens is 2. The molecular weight excluding hydrogens is 473 g/mol. The van der Waals surface area contributed by atoms with E-state index in [0.29, 0.717) is 24.3 Å². The molecule has 0 saturated carbocycles. The molecule has 0 unspecified atom stereocenters. The number of imide groups is 1. The summed E-state index contributed by atoms with van der Waals surface area (Å²) in [6, 6.07) is 21.4. The normalized spacial score (nSPS) is 15.6. The fourth-order valence-corrected chi connectivity index (χ4v) is 4.59. The Balaban J connectivity index is 1.31. The van der Waals surface area contributed by atoms with Gasteiger partial charge in [-0.3, -0.25) is 14.4 Å². The highest BCUT2D eigenvalue weighted by molar-refractivity contribution is 6.53. The number of carbonyl (C=O) groups is 3. The first kappa shape index (κ1) is 22.2. The molecule has 0 aromatic heterocycles. The second-order valence-electron chi connectivity index (χ2n) is 8.03. The zero-order chi connectivity index (χ0) is 23.8. The molecule has 0 bridgehead atoms. The Hall–Kier alpha value is -3.61. The maximum Gasteiger partial charge on any atom is 0.283 e. The molecule has 5 rings (SSSR count). The molecule has 0 spiro atoms. The number of amides is 3. The smallest absolute Gasteiger partial charge is 0.283 e. The monoisotopic (exact) mass is 491 g/mol. The van der Waals surface area contributed by atoms with E-state index in [-0.39, 0.29) is 27.3 Å². The number of hydrogen-bond donors (Lipinski definition) is 1. The van der Waals surface area contributed by atoms with E-state index in [2.05, 4.69) is 11.4 Å². The van der Waals surface area contributed by atoms with Crippen LogP contribution < -0.4 is 10.2 Å². The predicted octanol–water partition coefficient (Wildman–Crippen LogP) is 4.97. The third-order valence-corrected chi connectivity index (χ3v) is 6.61. The standard InChI is InChI=1S/C26H19Cl2N3O3/c27-20-7-3-4-8-21(20)31-25(33)22(28)23(26(31)34)29-19-11-9-17(10-12-19)24(32)30-14-13-16-5-1-2-6-18(16)15-30/h1-12,29H,13-15H2. The van der Waals surface area contributed by atoms with Gasteiger partial charge < -0.3 is 10.2 Å². The number of fused-ring (bicyclic) bond motifs is 1. The molecule has 2 aliphatic rings. The fourth-order valence-electron chi connectivity index (χ4n) is 4.16. The van der Waals surface area contributed by atoms with Gasteiger partial charge in [-0.05, 0) is 53.9 Å². The number of benzene rings is 3. The van der Waals surface area contributed by atoms with Gasteiger partial charge in [0, 0.05) is 24.3 Å². The highest BCUT2D eigenvalue weighted by Gasteiger charge is 2.39. The van der Waals surface area contributed by atoms with Crippen LogP contribution in [0.15, 0.2) is 83.5 Å². The van der Waals surface area contributed by atoms with Crippen LogP contribution in [0.1, 0.15) is 21.5 Å². The summed E-state index contributed by atoms with van der Waals surface area (Å²) in [5.41, 5.74) is 3.72. The van der Waals surface area contributed by atoms with E-state index < -0.39 is 11.8 Å². The van der Waals surface area contributed by atoms with Gasteiger partial charge in [0.15, 0.2) is 0 Å². The molecule has 8 heteroatoms. The van der Waals surface area contributed by atoms with Gasteiger partial charge in [-0.25, -0.2) is 4.90 Å². The molecular formula is C26H19Cl2N3O3. The Kier molecular flexibility index (Phi) is 5.86. The molecule has 0 atom stereocenters.